The van der Waals surface area contributed by atoms with Crippen LogP contribution in [0.5, 0.6) is 0 Å². The zero-order valence-electron chi connectivity index (χ0n) is 13.9. The monoisotopic (exact) mass is 295 g/mol. The lowest BCUT2D eigenvalue weighted by Crippen LogP contribution is -2.47. The number of nitrogens with one attached hydrogen (secondary N) is 1. The van der Waals surface area contributed by atoms with Crippen LogP contribution in [0.1, 0.15) is 58.8 Å². The molecule has 2 aliphatic heterocycles. The molecule has 1 amide bonds. The molecule has 1 N–H and O–H groups in total. The van der Waals surface area contributed by atoms with Crippen molar-refractivity contribution in [2.24, 2.45) is 0 Å². The Morgan fingerprint density at radius 2 is 1.86 bits per heavy atom. The molecule has 0 aromatic carbocycles. The lowest BCUT2D eigenvalue weighted by molar-refractivity contribution is -0.133. The number of piperidine rings is 2. The quantitative estimate of drug-likeness (QED) is 0.816. The van der Waals surface area contributed by atoms with Gasteiger partial charge in [0.1, 0.15) is 0 Å². The predicted octanol–water partition coefficient (Wildman–Crippen LogP) is 2.24. The molecule has 2 fully saturated rings. The van der Waals surface area contributed by atoms with Crippen molar-refractivity contribution in [2.75, 3.05) is 32.7 Å². The molecule has 0 aromatic rings. The fraction of sp³-hybridized carbons (Fsp3) is 0.941. The second-order valence-corrected chi connectivity index (χ2v) is 6.52. The van der Waals surface area contributed by atoms with Crippen LogP contribution in [0.2, 0.25) is 0 Å². The molecule has 2 saturated heterocycles. The van der Waals surface area contributed by atoms with Gasteiger partial charge in [-0.1, -0.05) is 20.3 Å². The van der Waals surface area contributed by atoms with Crippen molar-refractivity contribution in [3.8, 4) is 0 Å². The Kier molecular flexibility index (Phi) is 6.97. The van der Waals surface area contributed by atoms with Gasteiger partial charge in [0.15, 0.2) is 0 Å². The number of hydrogen-bond acceptors (Lipinski definition) is 3. The smallest absolute Gasteiger partial charge is 0.222 e. The van der Waals surface area contributed by atoms with Crippen molar-refractivity contribution >= 4 is 5.91 Å². The molecule has 2 rings (SSSR count). The number of carbonyl (C=O) groups excluding carboxylic acids is 1. The van der Waals surface area contributed by atoms with Gasteiger partial charge in [-0.15, -0.1) is 0 Å². The molecule has 0 bridgehead atoms. The Labute approximate surface area is 130 Å². The number of rotatable bonds is 6. The van der Waals surface area contributed by atoms with E-state index in [9.17, 15) is 4.79 Å². The van der Waals surface area contributed by atoms with Crippen LogP contribution in [0.3, 0.4) is 0 Å². The van der Waals surface area contributed by atoms with E-state index in [0.717, 1.165) is 58.4 Å². The Bertz CT molecular complexity index is 303. The highest BCUT2D eigenvalue weighted by Crippen LogP contribution is 2.18. The standard InChI is InChI=1S/C17H33N3O/c1-3-19(4-2)16-10-13-20(14-11-16)17(21)9-8-15-7-5-6-12-18-15/h15-16,18H,3-14H2,1-2H3. The van der Waals surface area contributed by atoms with E-state index in [2.05, 4.69) is 29.0 Å². The molecular formula is C17H33N3O. The molecular weight excluding hydrogens is 262 g/mol. The molecule has 4 nitrogen and oxygen atoms in total. The zero-order valence-corrected chi connectivity index (χ0v) is 13.9. The minimum Gasteiger partial charge on any atom is -0.343 e. The normalized spacial score (nSPS) is 24.5. The second kappa shape index (κ2) is 8.74. The van der Waals surface area contributed by atoms with Crippen molar-refractivity contribution in [2.45, 2.75) is 70.9 Å². The molecule has 0 aromatic heterocycles. The van der Waals surface area contributed by atoms with Crippen LogP contribution in [0.4, 0.5) is 0 Å². The van der Waals surface area contributed by atoms with Gasteiger partial charge < -0.3 is 15.1 Å². The average Bonchev–Trinajstić information content (AvgIpc) is 2.55. The van der Waals surface area contributed by atoms with Crippen molar-refractivity contribution in [1.29, 1.82) is 0 Å². The highest BCUT2D eigenvalue weighted by atomic mass is 16.2. The van der Waals surface area contributed by atoms with Gasteiger partial charge in [0.25, 0.3) is 0 Å². The van der Waals surface area contributed by atoms with E-state index in [1.54, 1.807) is 0 Å². The third-order valence-electron chi connectivity index (χ3n) is 5.26. The van der Waals surface area contributed by atoms with Gasteiger partial charge in [-0.05, 0) is 51.7 Å². The van der Waals surface area contributed by atoms with Gasteiger partial charge >= 0.3 is 0 Å². The van der Waals surface area contributed by atoms with Gasteiger partial charge in [-0.25, -0.2) is 0 Å². The lowest BCUT2D eigenvalue weighted by Gasteiger charge is -2.38. The molecule has 122 valence electrons. The van der Waals surface area contributed by atoms with Crippen molar-refractivity contribution in [1.82, 2.24) is 15.1 Å². The van der Waals surface area contributed by atoms with Gasteiger partial charge in [0.2, 0.25) is 5.91 Å². The van der Waals surface area contributed by atoms with Gasteiger partial charge in [0, 0.05) is 31.6 Å². The van der Waals surface area contributed by atoms with Crippen molar-refractivity contribution in [3.63, 3.8) is 0 Å². The second-order valence-electron chi connectivity index (χ2n) is 6.52. The highest BCUT2D eigenvalue weighted by Gasteiger charge is 2.25. The first-order chi connectivity index (χ1) is 10.2. The summed E-state index contributed by atoms with van der Waals surface area (Å²) < 4.78 is 0. The summed E-state index contributed by atoms with van der Waals surface area (Å²) in [6.45, 7) is 9.77. The SMILES string of the molecule is CCN(CC)C1CCN(C(=O)CCC2CCCCN2)CC1. The van der Waals surface area contributed by atoms with Crippen LogP contribution in [0.15, 0.2) is 0 Å². The fourth-order valence-corrected chi connectivity index (χ4v) is 3.85. The molecule has 1 unspecified atom stereocenters. The van der Waals surface area contributed by atoms with Gasteiger partial charge in [0.05, 0.1) is 0 Å². The fourth-order valence-electron chi connectivity index (χ4n) is 3.85. The largest absolute Gasteiger partial charge is 0.343 e. The Morgan fingerprint density at radius 3 is 2.43 bits per heavy atom. The van der Waals surface area contributed by atoms with E-state index in [0.29, 0.717) is 18.0 Å². The average molecular weight is 295 g/mol. The third kappa shape index (κ3) is 4.96. The van der Waals surface area contributed by atoms with Crippen molar-refractivity contribution < 1.29 is 4.79 Å². The Balaban J connectivity index is 1.67. The maximum absolute atomic E-state index is 12.3. The van der Waals surface area contributed by atoms with E-state index < -0.39 is 0 Å². The van der Waals surface area contributed by atoms with Crippen LogP contribution < -0.4 is 5.32 Å². The minimum absolute atomic E-state index is 0.375. The number of likely N-dealkylation sites (tertiary alicyclic amines) is 1. The first-order valence-corrected chi connectivity index (χ1v) is 8.99. The summed E-state index contributed by atoms with van der Waals surface area (Å²) in [5, 5.41) is 3.54. The molecule has 0 saturated carbocycles. The van der Waals surface area contributed by atoms with E-state index in [1.165, 1.54) is 19.3 Å². The molecule has 0 radical (unpaired) electrons. The highest BCUT2D eigenvalue weighted by molar-refractivity contribution is 5.76. The first kappa shape index (κ1) is 16.8. The molecule has 21 heavy (non-hydrogen) atoms. The summed E-state index contributed by atoms with van der Waals surface area (Å²) in [5.74, 6) is 0.375. The van der Waals surface area contributed by atoms with E-state index in [4.69, 9.17) is 0 Å². The van der Waals surface area contributed by atoms with E-state index in [1.807, 2.05) is 0 Å². The number of nitrogens with zero attached hydrogens (tertiary/aromatic N) is 2. The predicted molar refractivity (Wildman–Crippen MR) is 87.4 cm³/mol. The van der Waals surface area contributed by atoms with Gasteiger partial charge in [-0.2, -0.15) is 0 Å². The maximum atomic E-state index is 12.3. The first-order valence-electron chi connectivity index (χ1n) is 8.99. The molecule has 4 heteroatoms. The maximum Gasteiger partial charge on any atom is 0.222 e. The number of hydrogen-bond donors (Lipinski definition) is 1. The molecule has 0 aliphatic carbocycles. The van der Waals surface area contributed by atoms with Crippen molar-refractivity contribution in [3.05, 3.63) is 0 Å². The summed E-state index contributed by atoms with van der Waals surface area (Å²) in [5.41, 5.74) is 0. The minimum atomic E-state index is 0.375. The zero-order chi connectivity index (χ0) is 15.1. The van der Waals surface area contributed by atoms with E-state index in [-0.39, 0.29) is 0 Å². The summed E-state index contributed by atoms with van der Waals surface area (Å²) in [7, 11) is 0. The summed E-state index contributed by atoms with van der Waals surface area (Å²) in [6, 6.07) is 1.26. The van der Waals surface area contributed by atoms with Gasteiger partial charge in [-0.3, -0.25) is 4.79 Å². The summed E-state index contributed by atoms with van der Waals surface area (Å²) >= 11 is 0. The molecule has 2 aliphatic rings. The third-order valence-corrected chi connectivity index (χ3v) is 5.26. The number of carbonyl (C=O) groups is 1. The molecule has 0 spiro atoms. The Morgan fingerprint density at radius 1 is 1.14 bits per heavy atom. The van der Waals surface area contributed by atoms with Crippen LogP contribution in [0.25, 0.3) is 0 Å². The van der Waals surface area contributed by atoms with Crippen LogP contribution in [-0.2, 0) is 4.79 Å². The topological polar surface area (TPSA) is 35.6 Å². The van der Waals surface area contributed by atoms with E-state index >= 15 is 0 Å². The lowest BCUT2D eigenvalue weighted by atomic mass is 9.99. The van der Waals surface area contributed by atoms with Crippen LogP contribution in [-0.4, -0.2) is 60.5 Å². The Hall–Kier alpha value is -0.610. The summed E-state index contributed by atoms with van der Waals surface area (Å²) in [4.78, 5) is 17.0. The van der Waals surface area contributed by atoms with Crippen LogP contribution in [0, 0.1) is 0 Å². The number of amides is 1. The molecule has 1 atom stereocenters. The van der Waals surface area contributed by atoms with Crippen LogP contribution >= 0.6 is 0 Å². The summed E-state index contributed by atoms with van der Waals surface area (Å²) in [6.07, 6.45) is 7.91. The molecule has 2 heterocycles.